The van der Waals surface area contributed by atoms with E-state index in [9.17, 15) is 25.1 Å². The molecule has 5 saturated carbocycles. The van der Waals surface area contributed by atoms with E-state index >= 15 is 0 Å². The molecule has 326 valence electrons. The molecule has 0 radical (unpaired) electrons. The third-order valence-corrected chi connectivity index (χ3v) is 19.7. The molecule has 1 aromatic heterocycles. The Morgan fingerprint density at radius 3 is 2.40 bits per heavy atom. The Bertz CT molecular complexity index is 1970. The average molecular weight is 820 g/mol. The van der Waals surface area contributed by atoms with Gasteiger partial charge in [0.25, 0.3) is 0 Å². The first-order valence-electron chi connectivity index (χ1n) is 23.6. The van der Waals surface area contributed by atoms with Gasteiger partial charge in [-0.05, 0) is 197 Å². The predicted molar refractivity (Wildman–Crippen MR) is 235 cm³/mol. The molecule has 0 unspecified atom stereocenters. The second kappa shape index (κ2) is 15.5. The number of carbonyl (C=O) groups is 2. The summed E-state index contributed by atoms with van der Waals surface area (Å²) >= 11 is 0. The monoisotopic (exact) mass is 820 g/mol. The number of hydrogen-bond donors (Lipinski definition) is 3. The van der Waals surface area contributed by atoms with Crippen molar-refractivity contribution < 1.29 is 24.5 Å². The smallest absolute Gasteiger partial charge is 0.313 e. The first kappa shape index (κ1) is 43.4. The van der Waals surface area contributed by atoms with E-state index in [2.05, 4.69) is 76.6 Å². The summed E-state index contributed by atoms with van der Waals surface area (Å²) in [6.07, 6.45) is 23.7. The Morgan fingerprint density at radius 1 is 0.967 bits per heavy atom. The number of rotatable bonds is 11. The number of carboxylic acid groups (broad SMARTS) is 1. The molecule has 10 atom stereocenters. The SMILES string of the molecule is C=C(C)[C@@H]1CC[C@]2(NCCC3(O)CCC(C=O)CC3)CC[C@]3(C)[C@H](CC[C@@H]4[C@@]5(C)CC=C(C6=CC[C@](COc7ncccc7C#N)(C(=O)O)CC6)C(C)(C)[C@@H]5CC[C@]43C)[C@@H]12. The fraction of sp³-hybridized carbons (Fsp3) is 0.731. The minimum atomic E-state index is -1.06. The zero-order valence-corrected chi connectivity index (χ0v) is 37.6. The minimum Gasteiger partial charge on any atom is -0.481 e. The van der Waals surface area contributed by atoms with E-state index in [0.717, 1.165) is 51.4 Å². The molecule has 8 rings (SSSR count). The number of aldehydes is 1. The van der Waals surface area contributed by atoms with Crippen LogP contribution in [0.4, 0.5) is 0 Å². The summed E-state index contributed by atoms with van der Waals surface area (Å²) < 4.78 is 5.96. The van der Waals surface area contributed by atoms with Gasteiger partial charge in [-0.15, -0.1) is 0 Å². The summed E-state index contributed by atoms with van der Waals surface area (Å²) in [6.45, 7) is 20.7. The molecule has 8 heteroatoms. The van der Waals surface area contributed by atoms with Crippen molar-refractivity contribution in [2.24, 2.45) is 62.6 Å². The van der Waals surface area contributed by atoms with Gasteiger partial charge in [0.1, 0.15) is 29.9 Å². The van der Waals surface area contributed by atoms with Crippen LogP contribution in [0.1, 0.15) is 156 Å². The number of hydrogen-bond acceptors (Lipinski definition) is 7. The summed E-state index contributed by atoms with van der Waals surface area (Å²) in [7, 11) is 0. The number of aliphatic carboxylic acids is 1. The molecule has 7 aliphatic rings. The van der Waals surface area contributed by atoms with E-state index in [1.165, 1.54) is 68.1 Å². The number of carboxylic acids is 1. The molecule has 0 aromatic carbocycles. The molecule has 1 aromatic rings. The second-order valence-electron chi connectivity index (χ2n) is 22.5. The van der Waals surface area contributed by atoms with Crippen molar-refractivity contribution in [1.82, 2.24) is 10.3 Å². The Kier molecular flexibility index (Phi) is 11.2. The van der Waals surface area contributed by atoms with E-state index < -0.39 is 17.0 Å². The lowest BCUT2D eigenvalue weighted by Gasteiger charge is -2.72. The molecule has 5 fully saturated rings. The Morgan fingerprint density at radius 2 is 1.73 bits per heavy atom. The Hall–Kier alpha value is -3.28. The third-order valence-electron chi connectivity index (χ3n) is 19.7. The fourth-order valence-electron chi connectivity index (χ4n) is 16.0. The van der Waals surface area contributed by atoms with Crippen LogP contribution >= 0.6 is 0 Å². The van der Waals surface area contributed by atoms with Gasteiger partial charge in [0.2, 0.25) is 5.88 Å². The van der Waals surface area contributed by atoms with Gasteiger partial charge in [0.15, 0.2) is 0 Å². The quantitative estimate of drug-likeness (QED) is 0.149. The maximum Gasteiger partial charge on any atom is 0.313 e. The van der Waals surface area contributed by atoms with Gasteiger partial charge in [-0.3, -0.25) is 4.79 Å². The summed E-state index contributed by atoms with van der Waals surface area (Å²) in [5.41, 5.74) is 3.37. The number of nitrogens with one attached hydrogen (secondary N) is 1. The number of carbonyl (C=O) groups excluding carboxylic acids is 1. The summed E-state index contributed by atoms with van der Waals surface area (Å²) in [5, 5.41) is 35.8. The van der Waals surface area contributed by atoms with Crippen molar-refractivity contribution in [3.63, 3.8) is 0 Å². The topological polar surface area (TPSA) is 133 Å². The lowest BCUT2D eigenvalue weighted by Crippen LogP contribution is -2.68. The number of aliphatic hydroxyl groups is 1. The third kappa shape index (κ3) is 6.77. The fourth-order valence-corrected chi connectivity index (χ4v) is 16.0. The highest BCUT2D eigenvalue weighted by Crippen LogP contribution is 2.76. The van der Waals surface area contributed by atoms with Gasteiger partial charge in [0, 0.05) is 17.7 Å². The molecule has 60 heavy (non-hydrogen) atoms. The van der Waals surface area contributed by atoms with Crippen molar-refractivity contribution in [2.75, 3.05) is 13.2 Å². The van der Waals surface area contributed by atoms with Crippen LogP contribution in [-0.2, 0) is 9.59 Å². The number of fused-ring (bicyclic) bond motifs is 7. The van der Waals surface area contributed by atoms with Crippen molar-refractivity contribution >= 4 is 12.3 Å². The Balaban J connectivity index is 1.01. The molecule has 0 amide bonds. The van der Waals surface area contributed by atoms with E-state index in [1.807, 2.05) is 0 Å². The van der Waals surface area contributed by atoms with E-state index in [4.69, 9.17) is 4.74 Å². The summed E-state index contributed by atoms with van der Waals surface area (Å²) in [6, 6.07) is 5.44. The van der Waals surface area contributed by atoms with Gasteiger partial charge >= 0.3 is 5.97 Å². The normalized spacial score (nSPS) is 43.1. The highest BCUT2D eigenvalue weighted by Gasteiger charge is 2.70. The molecule has 0 saturated heterocycles. The van der Waals surface area contributed by atoms with Crippen molar-refractivity contribution in [1.29, 1.82) is 5.26 Å². The van der Waals surface area contributed by atoms with Crippen LogP contribution < -0.4 is 10.1 Å². The summed E-state index contributed by atoms with van der Waals surface area (Å²) in [4.78, 5) is 28.4. The molecule has 0 bridgehead atoms. The zero-order chi connectivity index (χ0) is 42.9. The number of ether oxygens (including phenoxy) is 1. The molecule has 0 aliphatic heterocycles. The van der Waals surface area contributed by atoms with Gasteiger partial charge in [-0.2, -0.15) is 5.26 Å². The van der Waals surface area contributed by atoms with Gasteiger partial charge in [-0.1, -0.05) is 58.9 Å². The van der Waals surface area contributed by atoms with E-state index in [-0.39, 0.29) is 45.6 Å². The van der Waals surface area contributed by atoms with Crippen LogP contribution in [0.15, 0.2) is 53.8 Å². The number of aromatic nitrogens is 1. The standard InChI is InChI=1S/C52H73N3O5/c1-34(2)38-16-25-52(55-30-28-51(59)23-12-35(32-56)13-24-51)27-26-48(6)40(43(38)52)10-11-42-47(5)19-17-39(46(3,4)41(47)18-20-49(42,48)7)36-14-21-50(22-15-36,45(57)58)33-60-44-37(31-53)9-8-29-54-44/h8-9,14,17,29,32,35,38,40-43,55,59H,1,10-13,15-16,18-28,30,33H2,2-7H3,(H,57,58)/t35?,38-,40+,41-,42+,43+,47-,48+,49+,50-,51?,52-/m0/s1. The van der Waals surface area contributed by atoms with Crippen LogP contribution in [0, 0.1) is 73.9 Å². The van der Waals surface area contributed by atoms with Crippen LogP contribution in [0.3, 0.4) is 0 Å². The maximum atomic E-state index is 12.8. The first-order valence-corrected chi connectivity index (χ1v) is 23.6. The first-order chi connectivity index (χ1) is 28.4. The lowest BCUT2D eigenvalue weighted by molar-refractivity contribution is -0.221. The highest BCUT2D eigenvalue weighted by atomic mass is 16.5. The second-order valence-corrected chi connectivity index (χ2v) is 22.5. The zero-order valence-electron chi connectivity index (χ0n) is 37.6. The predicted octanol–water partition coefficient (Wildman–Crippen LogP) is 10.6. The number of pyridine rings is 1. The lowest BCUT2D eigenvalue weighted by atomic mass is 9.33. The highest BCUT2D eigenvalue weighted by molar-refractivity contribution is 5.75. The summed E-state index contributed by atoms with van der Waals surface area (Å²) in [5.74, 6) is 2.34. The van der Waals surface area contributed by atoms with Crippen LogP contribution in [0.25, 0.3) is 0 Å². The Labute approximate surface area is 360 Å². The van der Waals surface area contributed by atoms with Crippen molar-refractivity contribution in [3.05, 3.63) is 59.3 Å². The van der Waals surface area contributed by atoms with Gasteiger partial charge < -0.3 is 25.1 Å². The molecule has 1 heterocycles. The van der Waals surface area contributed by atoms with Crippen LogP contribution in [0.5, 0.6) is 5.88 Å². The van der Waals surface area contributed by atoms with Crippen molar-refractivity contribution in [2.45, 2.75) is 162 Å². The van der Waals surface area contributed by atoms with Gasteiger partial charge in [0.05, 0.1) is 5.60 Å². The largest absolute Gasteiger partial charge is 0.481 e. The van der Waals surface area contributed by atoms with Crippen molar-refractivity contribution in [3.8, 4) is 11.9 Å². The molecule has 8 nitrogen and oxygen atoms in total. The van der Waals surface area contributed by atoms with Crippen LogP contribution in [-0.4, -0.2) is 51.7 Å². The molecule has 3 N–H and O–H groups in total. The molecule has 7 aliphatic carbocycles. The molecule has 0 spiro atoms. The molecular weight excluding hydrogens is 747 g/mol. The van der Waals surface area contributed by atoms with Crippen LogP contribution in [0.2, 0.25) is 0 Å². The average Bonchev–Trinajstić information content (AvgIpc) is 3.61. The van der Waals surface area contributed by atoms with E-state index in [0.29, 0.717) is 54.4 Å². The number of nitrogens with zero attached hydrogens (tertiary/aromatic N) is 2. The molecular formula is C52H73N3O5. The van der Waals surface area contributed by atoms with Gasteiger partial charge in [-0.25, -0.2) is 4.98 Å². The minimum absolute atomic E-state index is 0.0146. The maximum absolute atomic E-state index is 12.8. The number of allylic oxidation sites excluding steroid dienone is 5. The van der Waals surface area contributed by atoms with E-state index in [1.54, 1.807) is 18.3 Å². The number of nitriles is 1.